The topological polar surface area (TPSA) is 17.1 Å². The third-order valence-electron chi connectivity index (χ3n) is 2.48. The summed E-state index contributed by atoms with van der Waals surface area (Å²) in [6.07, 6.45) is 13.5. The zero-order chi connectivity index (χ0) is 10.5. The minimum Gasteiger partial charge on any atom is -0.303 e. The normalized spacial score (nSPS) is 10.4. The standard InChI is InChI=1S/C12H24OS/c13-11-9-7-5-3-1-2-4-6-8-10-12-14/h11,14H,1-10,12H2. The van der Waals surface area contributed by atoms with Gasteiger partial charge in [0.25, 0.3) is 0 Å². The Kier molecular flexibility index (Phi) is 13.0. The highest BCUT2D eigenvalue weighted by Crippen LogP contribution is 2.10. The maximum Gasteiger partial charge on any atom is 0.119 e. The number of rotatable bonds is 11. The summed E-state index contributed by atoms with van der Waals surface area (Å²) in [5.74, 6) is 1.03. The minimum absolute atomic E-state index is 0.752. The maximum absolute atomic E-state index is 10.0. The lowest BCUT2D eigenvalue weighted by Crippen LogP contribution is -1.82. The predicted octanol–water partition coefficient (Wildman–Crippen LogP) is 4.02. The molecule has 0 aliphatic heterocycles. The summed E-state index contributed by atoms with van der Waals surface area (Å²) in [5, 5.41) is 0. The average Bonchev–Trinajstić information content (AvgIpc) is 2.21. The molecule has 1 nitrogen and oxygen atoms in total. The van der Waals surface area contributed by atoms with Gasteiger partial charge >= 0.3 is 0 Å². The molecule has 14 heavy (non-hydrogen) atoms. The second kappa shape index (κ2) is 13.0. The van der Waals surface area contributed by atoms with Gasteiger partial charge < -0.3 is 4.79 Å². The van der Waals surface area contributed by atoms with E-state index < -0.39 is 0 Å². The van der Waals surface area contributed by atoms with Crippen molar-refractivity contribution >= 4 is 18.9 Å². The second-order valence-corrected chi connectivity index (χ2v) is 4.31. The van der Waals surface area contributed by atoms with Crippen LogP contribution >= 0.6 is 12.6 Å². The van der Waals surface area contributed by atoms with Gasteiger partial charge in [-0.15, -0.1) is 0 Å². The molecule has 2 heteroatoms. The smallest absolute Gasteiger partial charge is 0.119 e. The first kappa shape index (κ1) is 14.0. The van der Waals surface area contributed by atoms with E-state index in [1.807, 2.05) is 0 Å². The number of carbonyl (C=O) groups excluding carboxylic acids is 1. The van der Waals surface area contributed by atoms with Gasteiger partial charge in [-0.1, -0.05) is 44.9 Å². The van der Waals surface area contributed by atoms with Crippen molar-refractivity contribution in [1.29, 1.82) is 0 Å². The van der Waals surface area contributed by atoms with Crippen LogP contribution in [-0.2, 0) is 4.79 Å². The van der Waals surface area contributed by atoms with Crippen molar-refractivity contribution in [3.63, 3.8) is 0 Å². The SMILES string of the molecule is O=CCCCCCCCCCCCS. The molecule has 0 spiro atoms. The van der Waals surface area contributed by atoms with Crippen LogP contribution in [0.25, 0.3) is 0 Å². The van der Waals surface area contributed by atoms with Gasteiger partial charge in [-0.2, -0.15) is 12.6 Å². The molecule has 0 aliphatic carbocycles. The summed E-state index contributed by atoms with van der Waals surface area (Å²) >= 11 is 4.18. The van der Waals surface area contributed by atoms with Crippen LogP contribution in [0.4, 0.5) is 0 Å². The van der Waals surface area contributed by atoms with E-state index in [-0.39, 0.29) is 0 Å². The third-order valence-corrected chi connectivity index (χ3v) is 2.80. The zero-order valence-electron chi connectivity index (χ0n) is 9.21. The largest absolute Gasteiger partial charge is 0.303 e. The predicted molar refractivity (Wildman–Crippen MR) is 66.1 cm³/mol. The monoisotopic (exact) mass is 216 g/mol. The van der Waals surface area contributed by atoms with E-state index in [2.05, 4.69) is 12.6 Å². The molecule has 0 heterocycles. The highest BCUT2D eigenvalue weighted by Gasteiger charge is 1.91. The Labute approximate surface area is 94.1 Å². The van der Waals surface area contributed by atoms with Gasteiger partial charge in [-0.3, -0.25) is 0 Å². The molecule has 0 unspecified atom stereocenters. The van der Waals surface area contributed by atoms with Crippen molar-refractivity contribution in [2.24, 2.45) is 0 Å². The molecule has 84 valence electrons. The van der Waals surface area contributed by atoms with Crippen LogP contribution in [0, 0.1) is 0 Å². The lowest BCUT2D eigenvalue weighted by Gasteiger charge is -2.00. The summed E-state index contributed by atoms with van der Waals surface area (Å²) < 4.78 is 0. The molecule has 0 saturated heterocycles. The first-order valence-electron chi connectivity index (χ1n) is 5.96. The Morgan fingerprint density at radius 2 is 1.14 bits per heavy atom. The van der Waals surface area contributed by atoms with E-state index >= 15 is 0 Å². The molecule has 0 aromatic rings. The summed E-state index contributed by atoms with van der Waals surface area (Å²) in [7, 11) is 0. The van der Waals surface area contributed by atoms with Crippen LogP contribution in [-0.4, -0.2) is 12.0 Å². The number of unbranched alkanes of at least 4 members (excludes halogenated alkanes) is 9. The van der Waals surface area contributed by atoms with E-state index in [4.69, 9.17) is 0 Å². The fourth-order valence-corrected chi connectivity index (χ4v) is 1.80. The van der Waals surface area contributed by atoms with Crippen molar-refractivity contribution in [2.75, 3.05) is 5.75 Å². The van der Waals surface area contributed by atoms with Gasteiger partial charge in [-0.25, -0.2) is 0 Å². The second-order valence-electron chi connectivity index (χ2n) is 3.86. The van der Waals surface area contributed by atoms with Gasteiger partial charge in [0.2, 0.25) is 0 Å². The van der Waals surface area contributed by atoms with Crippen LogP contribution in [0.15, 0.2) is 0 Å². The third kappa shape index (κ3) is 12.0. The van der Waals surface area contributed by atoms with Gasteiger partial charge in [0.05, 0.1) is 0 Å². The van der Waals surface area contributed by atoms with Crippen LogP contribution in [0.5, 0.6) is 0 Å². The minimum atomic E-state index is 0.752. The van der Waals surface area contributed by atoms with Crippen molar-refractivity contribution in [3.8, 4) is 0 Å². The lowest BCUT2D eigenvalue weighted by molar-refractivity contribution is -0.107. The lowest BCUT2D eigenvalue weighted by atomic mass is 10.1. The van der Waals surface area contributed by atoms with Crippen molar-refractivity contribution < 1.29 is 4.79 Å². The number of carbonyl (C=O) groups is 1. The molecule has 0 saturated carbocycles. The van der Waals surface area contributed by atoms with E-state index in [1.165, 1.54) is 51.4 Å². The molecule has 0 atom stereocenters. The summed E-state index contributed by atoms with van der Waals surface area (Å²) in [6, 6.07) is 0. The number of hydrogen-bond donors (Lipinski definition) is 1. The number of thiol groups is 1. The average molecular weight is 216 g/mol. The highest BCUT2D eigenvalue weighted by molar-refractivity contribution is 7.80. The van der Waals surface area contributed by atoms with Crippen molar-refractivity contribution in [1.82, 2.24) is 0 Å². The molecule has 0 aromatic heterocycles. The molecule has 0 N–H and O–H groups in total. The number of hydrogen-bond acceptors (Lipinski definition) is 2. The van der Waals surface area contributed by atoms with Crippen molar-refractivity contribution in [3.05, 3.63) is 0 Å². The summed E-state index contributed by atoms with van der Waals surface area (Å²) in [5.41, 5.74) is 0. The molecule has 0 bridgehead atoms. The molecular formula is C12H24OS. The van der Waals surface area contributed by atoms with Gasteiger partial charge in [-0.05, 0) is 18.6 Å². The first-order chi connectivity index (χ1) is 6.91. The van der Waals surface area contributed by atoms with E-state index in [0.29, 0.717) is 0 Å². The van der Waals surface area contributed by atoms with Crippen LogP contribution in [0.3, 0.4) is 0 Å². The Balaban J connectivity index is 2.81. The van der Waals surface area contributed by atoms with Crippen LogP contribution < -0.4 is 0 Å². The first-order valence-corrected chi connectivity index (χ1v) is 6.59. The fourth-order valence-electron chi connectivity index (χ4n) is 1.58. The summed E-state index contributed by atoms with van der Waals surface area (Å²) in [4.78, 5) is 10.0. The van der Waals surface area contributed by atoms with E-state index in [9.17, 15) is 4.79 Å². The maximum atomic E-state index is 10.0. The molecule has 0 rings (SSSR count). The Morgan fingerprint density at radius 3 is 1.57 bits per heavy atom. The Morgan fingerprint density at radius 1 is 0.714 bits per heavy atom. The summed E-state index contributed by atoms with van der Waals surface area (Å²) in [6.45, 7) is 0. The van der Waals surface area contributed by atoms with Gasteiger partial charge in [0, 0.05) is 6.42 Å². The molecule has 0 radical (unpaired) electrons. The molecule has 0 fully saturated rings. The van der Waals surface area contributed by atoms with Gasteiger partial charge in [0.15, 0.2) is 0 Å². The van der Waals surface area contributed by atoms with E-state index in [0.717, 1.165) is 24.9 Å². The fraction of sp³-hybridized carbons (Fsp3) is 0.917. The van der Waals surface area contributed by atoms with Crippen molar-refractivity contribution in [2.45, 2.75) is 64.2 Å². The molecule has 0 amide bonds. The highest BCUT2D eigenvalue weighted by atomic mass is 32.1. The van der Waals surface area contributed by atoms with Gasteiger partial charge in [0.1, 0.15) is 6.29 Å². The molecule has 0 aliphatic rings. The molecular weight excluding hydrogens is 192 g/mol. The van der Waals surface area contributed by atoms with E-state index in [1.54, 1.807) is 0 Å². The van der Waals surface area contributed by atoms with Crippen LogP contribution in [0.1, 0.15) is 64.2 Å². The number of aldehydes is 1. The quantitative estimate of drug-likeness (QED) is 0.314. The Hall–Kier alpha value is 0.0200. The Bertz CT molecular complexity index is 115. The van der Waals surface area contributed by atoms with Crippen LogP contribution in [0.2, 0.25) is 0 Å². The zero-order valence-corrected chi connectivity index (χ0v) is 10.1. The molecule has 0 aromatic carbocycles.